The first-order valence-corrected chi connectivity index (χ1v) is 13.1. The van der Waals surface area contributed by atoms with Gasteiger partial charge in [-0.15, -0.1) is 11.8 Å². The number of alkyl halides is 1. The molecule has 3 aliphatic rings. The number of nitrogens with zero attached hydrogens (tertiary/aromatic N) is 6. The molecule has 2 aromatic heterocycles. The Labute approximate surface area is 228 Å². The quantitative estimate of drug-likeness (QED) is 0.0684. The van der Waals surface area contributed by atoms with E-state index in [1.807, 2.05) is 4.57 Å². The summed E-state index contributed by atoms with van der Waals surface area (Å²) in [6, 6.07) is 2.42. The van der Waals surface area contributed by atoms with Crippen LogP contribution < -0.4 is 31.3 Å². The van der Waals surface area contributed by atoms with Gasteiger partial charge in [-0.1, -0.05) is 20.8 Å². The molecule has 2 atom stereocenters. The van der Waals surface area contributed by atoms with E-state index in [2.05, 4.69) is 25.2 Å². The number of nitrogens with one attached hydrogen (secondary N) is 2. The number of hydrogen-bond acceptors (Lipinski definition) is 12. The average Bonchev–Trinajstić information content (AvgIpc) is 3.58. The maximum absolute atomic E-state index is 13.0. The zero-order valence-electron chi connectivity index (χ0n) is 19.9. The molecule has 0 radical (unpaired) electrons. The predicted molar refractivity (Wildman–Crippen MR) is 135 cm³/mol. The number of anilines is 1. The predicted octanol–water partition coefficient (Wildman–Crippen LogP) is -2.35. The maximum atomic E-state index is 13.0. The molecule has 15 nitrogen and oxygen atoms in total. The van der Waals surface area contributed by atoms with Crippen LogP contribution in [0.3, 0.4) is 0 Å². The van der Waals surface area contributed by atoms with Crippen LogP contribution >= 0.6 is 23.7 Å². The van der Waals surface area contributed by atoms with Crippen molar-refractivity contribution in [2.75, 3.05) is 18.3 Å². The second-order valence-electron chi connectivity index (χ2n) is 8.17. The number of allylic oxidation sites excluding steroid dienone is 2. The van der Waals surface area contributed by atoms with Crippen LogP contribution in [0.4, 0.5) is 10.2 Å². The molecule has 1 fully saturated rings. The van der Waals surface area contributed by atoms with Gasteiger partial charge in [0.1, 0.15) is 23.0 Å². The largest absolute Gasteiger partial charge is 0.543 e. The topological polar surface area (TPSA) is 200 Å². The highest BCUT2D eigenvalue weighted by atomic mass is 32.2. The van der Waals surface area contributed by atoms with Crippen LogP contribution in [0.2, 0.25) is 0 Å². The fourth-order valence-corrected chi connectivity index (χ4v) is 5.94. The summed E-state index contributed by atoms with van der Waals surface area (Å²) in [5, 5.41) is 22.8. The summed E-state index contributed by atoms with van der Waals surface area (Å²) < 4.78 is 16.0. The number of halogens is 1. The van der Waals surface area contributed by atoms with Gasteiger partial charge in [-0.05, 0) is 23.6 Å². The molecule has 0 saturated carbocycles. The number of carboxylic acid groups (broad SMARTS) is 1. The minimum absolute atomic E-state index is 0.241. The summed E-state index contributed by atoms with van der Waals surface area (Å²) >= 11 is 2.25. The van der Waals surface area contributed by atoms with Crippen LogP contribution in [0.5, 0.6) is 0 Å². The Balaban J connectivity index is 1.31. The molecule has 6 N–H and O–H groups in total. The zero-order valence-corrected chi connectivity index (χ0v) is 21.5. The van der Waals surface area contributed by atoms with Crippen LogP contribution in [-0.2, 0) is 25.8 Å². The second-order valence-corrected chi connectivity index (χ2v) is 10.1. The lowest BCUT2D eigenvalue weighted by molar-refractivity contribution is -0.664. The number of rotatable bonds is 7. The van der Waals surface area contributed by atoms with Gasteiger partial charge in [0, 0.05) is 11.8 Å². The molecule has 204 valence electrons. The zero-order chi connectivity index (χ0) is 27.7. The molecular formula is C21H21FN10O5S2. The summed E-state index contributed by atoms with van der Waals surface area (Å²) in [5.41, 5.74) is 12.4. The van der Waals surface area contributed by atoms with Crippen molar-refractivity contribution in [2.24, 2.45) is 10.9 Å². The Bertz CT molecular complexity index is 1470. The van der Waals surface area contributed by atoms with Gasteiger partial charge in [0.15, 0.2) is 0 Å². The third-order valence-electron chi connectivity index (χ3n) is 5.83. The Kier molecular flexibility index (Phi) is 7.31. The molecule has 3 aliphatic heterocycles. The summed E-state index contributed by atoms with van der Waals surface area (Å²) in [5.74, 6) is -2.73. The van der Waals surface area contributed by atoms with Crippen molar-refractivity contribution in [3.8, 4) is 0 Å². The van der Waals surface area contributed by atoms with E-state index in [1.54, 1.807) is 41.2 Å². The maximum Gasteiger partial charge on any atom is 0.310 e. The van der Waals surface area contributed by atoms with Crippen molar-refractivity contribution in [1.82, 2.24) is 29.7 Å². The standard InChI is InChI=1S/C21H21FN10O5S2/c22-10-37-27-17(30-8-13(24)39-28-30)18(33)26-15-19(34)31-16(21(35)36)11(9-38-20(15)31)2-1-6-29-7-4-12(23)32-14(29)3-5-25-32/h1-5,7-8,15,20,23,28H,6,9-10,24H2,(H2,26,33,35,36)/b2-1+,27-17?/t15-,20+/m1/s1. The van der Waals surface area contributed by atoms with Crippen LogP contribution in [0.15, 0.2) is 64.3 Å². The van der Waals surface area contributed by atoms with Crippen molar-refractivity contribution in [3.05, 3.63) is 59.2 Å². The molecule has 2 amide bonds. The number of carbonyl (C=O) groups excluding carboxylic acids is 3. The lowest BCUT2D eigenvalue weighted by Gasteiger charge is -2.50. The molecule has 0 spiro atoms. The van der Waals surface area contributed by atoms with Crippen LogP contribution in [0, 0.1) is 0 Å². The molecule has 0 aromatic carbocycles. The number of β-lactam (4-membered cyclic amide) rings is 1. The minimum Gasteiger partial charge on any atom is -0.543 e. The van der Waals surface area contributed by atoms with Crippen molar-refractivity contribution >= 4 is 58.8 Å². The van der Waals surface area contributed by atoms with Gasteiger partial charge in [0.05, 0.1) is 36.3 Å². The van der Waals surface area contributed by atoms with E-state index in [9.17, 15) is 23.9 Å². The van der Waals surface area contributed by atoms with Crippen molar-refractivity contribution in [2.45, 2.75) is 18.0 Å². The first kappa shape index (κ1) is 26.3. The number of fused-ring (bicyclic) bond motifs is 2. The van der Waals surface area contributed by atoms with Gasteiger partial charge in [-0.2, -0.15) is 4.83 Å². The molecule has 5 heterocycles. The Morgan fingerprint density at radius 2 is 2.23 bits per heavy atom. The van der Waals surface area contributed by atoms with E-state index in [0.717, 1.165) is 27.5 Å². The van der Waals surface area contributed by atoms with Gasteiger partial charge < -0.3 is 31.5 Å². The van der Waals surface area contributed by atoms with Gasteiger partial charge >= 0.3 is 5.65 Å². The lowest BCUT2D eigenvalue weighted by Crippen LogP contribution is -2.71. The molecule has 1 saturated heterocycles. The van der Waals surface area contributed by atoms with Gasteiger partial charge in [0.2, 0.25) is 5.82 Å². The minimum atomic E-state index is -1.52. The summed E-state index contributed by atoms with van der Waals surface area (Å²) in [4.78, 5) is 46.0. The molecule has 0 aliphatic carbocycles. The van der Waals surface area contributed by atoms with Crippen LogP contribution in [0.1, 0.15) is 0 Å². The average molecular weight is 577 g/mol. The number of amidine groups is 1. The van der Waals surface area contributed by atoms with Gasteiger partial charge in [-0.25, -0.2) is 14.0 Å². The Morgan fingerprint density at radius 3 is 2.95 bits per heavy atom. The summed E-state index contributed by atoms with van der Waals surface area (Å²) in [6.45, 7) is -0.906. The molecule has 5 rings (SSSR count). The number of hydrogen-bond donors (Lipinski definition) is 4. The number of aromatic nitrogens is 3. The number of amides is 2. The highest BCUT2D eigenvalue weighted by molar-refractivity contribution is 8.01. The first-order chi connectivity index (χ1) is 18.8. The third kappa shape index (κ3) is 4.95. The highest BCUT2D eigenvalue weighted by Gasteiger charge is 2.53. The number of thioether (sulfide) groups is 1. The van der Waals surface area contributed by atoms with E-state index in [4.69, 9.17) is 11.5 Å². The number of carbonyl (C=O) groups is 3. The molecule has 2 aromatic rings. The molecule has 0 unspecified atom stereocenters. The number of aliphatic carboxylic acids is 1. The van der Waals surface area contributed by atoms with E-state index >= 15 is 0 Å². The fourth-order valence-electron chi connectivity index (χ4n) is 4.12. The number of hydrazine groups is 1. The van der Waals surface area contributed by atoms with Gasteiger partial charge in [0.25, 0.3) is 24.5 Å². The number of nitrogens with two attached hydrogens (primary N) is 2. The SMILES string of the molecule is NC1=CN(C(=NOCF)C(=O)N[C@@H]2C(=O)N3C(C(=O)[O-])=C(/C=C/C[n+]4ccc(N)n5nccc54)CS[C@@H]23)NS1. The monoisotopic (exact) mass is 576 g/mol. The Morgan fingerprint density at radius 1 is 1.41 bits per heavy atom. The molecular weight excluding hydrogens is 555 g/mol. The van der Waals surface area contributed by atoms with Crippen molar-refractivity contribution < 1.29 is 33.3 Å². The fraction of sp³-hybridized carbons (Fsp3) is 0.238. The van der Waals surface area contributed by atoms with Crippen LogP contribution in [-0.4, -0.2) is 67.2 Å². The van der Waals surface area contributed by atoms with Crippen molar-refractivity contribution in [3.63, 3.8) is 0 Å². The van der Waals surface area contributed by atoms with Crippen molar-refractivity contribution in [1.29, 1.82) is 0 Å². The van der Waals surface area contributed by atoms with E-state index in [0.29, 0.717) is 23.0 Å². The lowest BCUT2D eigenvalue weighted by atomic mass is 10.0. The normalized spacial score (nSPS) is 21.3. The number of nitrogen functional groups attached to an aromatic ring is 1. The van der Waals surface area contributed by atoms with E-state index < -0.39 is 41.9 Å². The second kappa shape index (κ2) is 10.8. The van der Waals surface area contributed by atoms with Gasteiger partial charge in [-0.3, -0.25) is 14.5 Å². The first-order valence-electron chi connectivity index (χ1n) is 11.2. The Hall–Kier alpha value is -4.29. The molecule has 39 heavy (non-hydrogen) atoms. The van der Waals surface area contributed by atoms with Crippen LogP contribution in [0.25, 0.3) is 5.65 Å². The summed E-state index contributed by atoms with van der Waals surface area (Å²) in [6.07, 6.45) is 8.08. The molecule has 0 bridgehead atoms. The third-order valence-corrected chi connectivity index (χ3v) is 7.77. The summed E-state index contributed by atoms with van der Waals surface area (Å²) in [7, 11) is 0. The number of oxime groups is 1. The van der Waals surface area contributed by atoms with E-state index in [-0.39, 0.29) is 11.4 Å². The number of carboxylic acids is 1. The highest BCUT2D eigenvalue weighted by Crippen LogP contribution is 2.40. The smallest absolute Gasteiger partial charge is 0.310 e. The van der Waals surface area contributed by atoms with E-state index in [1.165, 1.54) is 18.0 Å². The molecule has 18 heteroatoms.